The summed E-state index contributed by atoms with van der Waals surface area (Å²) in [5.74, 6) is 0. The Labute approximate surface area is 56.8 Å². The van der Waals surface area contributed by atoms with Gasteiger partial charge in [0.25, 0.3) is 0 Å². The molecule has 0 aliphatic carbocycles. The summed E-state index contributed by atoms with van der Waals surface area (Å²) in [5, 5.41) is 9.45. The van der Waals surface area contributed by atoms with Gasteiger partial charge in [-0.25, -0.2) is 0 Å². The average molecular weight is 129 g/mol. The zero-order valence-corrected chi connectivity index (χ0v) is 6.39. The molecule has 0 spiro atoms. The van der Waals surface area contributed by atoms with Crippen molar-refractivity contribution >= 4 is 0 Å². The van der Waals surface area contributed by atoms with Crippen LogP contribution in [0.1, 0.15) is 13.3 Å². The molecule has 0 amide bonds. The van der Waals surface area contributed by atoms with Crippen LogP contribution >= 0.6 is 0 Å². The second kappa shape index (κ2) is 2.99. The third-order valence-corrected chi connectivity index (χ3v) is 1.49. The van der Waals surface area contributed by atoms with Crippen molar-refractivity contribution in [2.45, 2.75) is 19.1 Å². The van der Waals surface area contributed by atoms with E-state index in [2.05, 4.69) is 6.58 Å². The van der Waals surface area contributed by atoms with Crippen LogP contribution in [0.15, 0.2) is 12.7 Å². The molecule has 0 aromatic rings. The van der Waals surface area contributed by atoms with E-state index < -0.39 is 5.72 Å². The van der Waals surface area contributed by atoms with Crippen LogP contribution in [-0.2, 0) is 0 Å². The lowest BCUT2D eigenvalue weighted by Gasteiger charge is -2.29. The van der Waals surface area contributed by atoms with Gasteiger partial charge >= 0.3 is 0 Å². The minimum atomic E-state index is -0.734. The lowest BCUT2D eigenvalue weighted by Crippen LogP contribution is -2.40. The second-order valence-electron chi connectivity index (χ2n) is 2.60. The van der Waals surface area contributed by atoms with Crippen LogP contribution < -0.4 is 0 Å². The molecular weight excluding hydrogens is 114 g/mol. The third-order valence-electron chi connectivity index (χ3n) is 1.49. The van der Waals surface area contributed by atoms with Crippen LogP contribution in [-0.4, -0.2) is 29.8 Å². The Balaban J connectivity index is 3.84. The summed E-state index contributed by atoms with van der Waals surface area (Å²) < 4.78 is 0. The van der Waals surface area contributed by atoms with Crippen molar-refractivity contribution in [2.24, 2.45) is 0 Å². The first-order valence-corrected chi connectivity index (χ1v) is 3.01. The van der Waals surface area contributed by atoms with Crippen LogP contribution in [0.5, 0.6) is 0 Å². The van der Waals surface area contributed by atoms with E-state index in [9.17, 15) is 5.11 Å². The van der Waals surface area contributed by atoms with Crippen molar-refractivity contribution in [3.05, 3.63) is 12.7 Å². The van der Waals surface area contributed by atoms with Gasteiger partial charge < -0.3 is 5.11 Å². The predicted molar refractivity (Wildman–Crippen MR) is 39.1 cm³/mol. The molecule has 9 heavy (non-hydrogen) atoms. The van der Waals surface area contributed by atoms with Gasteiger partial charge in [0.15, 0.2) is 0 Å². The lowest BCUT2D eigenvalue weighted by molar-refractivity contribution is -0.0623. The number of aliphatic hydroxyl groups is 1. The smallest absolute Gasteiger partial charge is 0.118 e. The van der Waals surface area contributed by atoms with Gasteiger partial charge in [-0.1, -0.05) is 6.08 Å². The molecule has 0 aliphatic heterocycles. The Morgan fingerprint density at radius 3 is 2.22 bits per heavy atom. The quantitative estimate of drug-likeness (QED) is 0.450. The van der Waals surface area contributed by atoms with Crippen molar-refractivity contribution in [1.82, 2.24) is 4.90 Å². The van der Waals surface area contributed by atoms with E-state index >= 15 is 0 Å². The van der Waals surface area contributed by atoms with Gasteiger partial charge in [0.05, 0.1) is 0 Å². The molecule has 0 saturated carbocycles. The molecule has 1 atom stereocenters. The lowest BCUT2D eigenvalue weighted by atomic mass is 10.1. The van der Waals surface area contributed by atoms with Gasteiger partial charge in [-0.05, 0) is 21.0 Å². The molecule has 0 radical (unpaired) electrons. The number of hydrogen-bond donors (Lipinski definition) is 1. The van der Waals surface area contributed by atoms with E-state index in [-0.39, 0.29) is 0 Å². The topological polar surface area (TPSA) is 23.5 Å². The molecule has 0 rings (SSSR count). The summed E-state index contributed by atoms with van der Waals surface area (Å²) >= 11 is 0. The summed E-state index contributed by atoms with van der Waals surface area (Å²) in [7, 11) is 3.67. The molecular formula is C7H15NO. The molecule has 0 saturated heterocycles. The largest absolute Gasteiger partial charge is 0.376 e. The molecule has 54 valence electrons. The molecule has 0 fully saturated rings. The SMILES string of the molecule is C=CCC(C)(O)N(C)C. The highest BCUT2D eigenvalue weighted by molar-refractivity contribution is 4.79. The van der Waals surface area contributed by atoms with E-state index in [0.717, 1.165) is 0 Å². The van der Waals surface area contributed by atoms with Crippen LogP contribution in [0.25, 0.3) is 0 Å². The Morgan fingerprint density at radius 1 is 1.67 bits per heavy atom. The van der Waals surface area contributed by atoms with Gasteiger partial charge in [0.1, 0.15) is 5.72 Å². The van der Waals surface area contributed by atoms with Crippen molar-refractivity contribution in [3.8, 4) is 0 Å². The summed E-state index contributed by atoms with van der Waals surface area (Å²) in [6, 6.07) is 0. The first-order valence-electron chi connectivity index (χ1n) is 3.01. The summed E-state index contributed by atoms with van der Waals surface area (Å²) in [4.78, 5) is 1.76. The normalized spacial score (nSPS) is 17.4. The van der Waals surface area contributed by atoms with Crippen LogP contribution in [0.4, 0.5) is 0 Å². The minimum Gasteiger partial charge on any atom is -0.376 e. The zero-order chi connectivity index (χ0) is 7.49. The fraction of sp³-hybridized carbons (Fsp3) is 0.714. The van der Waals surface area contributed by atoms with Crippen molar-refractivity contribution in [1.29, 1.82) is 0 Å². The molecule has 2 heteroatoms. The first-order chi connectivity index (χ1) is 4.00. The van der Waals surface area contributed by atoms with Gasteiger partial charge in [-0.3, -0.25) is 4.90 Å². The Hall–Kier alpha value is -0.340. The molecule has 2 nitrogen and oxygen atoms in total. The molecule has 1 unspecified atom stereocenters. The summed E-state index contributed by atoms with van der Waals surface area (Å²) in [6.45, 7) is 5.30. The van der Waals surface area contributed by atoms with Crippen LogP contribution in [0, 0.1) is 0 Å². The van der Waals surface area contributed by atoms with Gasteiger partial charge in [0.2, 0.25) is 0 Å². The molecule has 0 heterocycles. The number of nitrogens with zero attached hydrogens (tertiary/aromatic N) is 1. The van der Waals surface area contributed by atoms with Gasteiger partial charge in [0, 0.05) is 6.42 Å². The van der Waals surface area contributed by atoms with Gasteiger partial charge in [-0.15, -0.1) is 6.58 Å². The van der Waals surface area contributed by atoms with Crippen LogP contribution in [0.2, 0.25) is 0 Å². The second-order valence-corrected chi connectivity index (χ2v) is 2.60. The molecule has 0 aromatic heterocycles. The predicted octanol–water partition coefficient (Wildman–Crippen LogP) is 0.833. The molecule has 0 bridgehead atoms. The van der Waals surface area contributed by atoms with Crippen molar-refractivity contribution in [2.75, 3.05) is 14.1 Å². The Bertz CT molecular complexity index is 97.1. The highest BCUT2D eigenvalue weighted by Gasteiger charge is 2.19. The van der Waals surface area contributed by atoms with E-state index in [1.54, 1.807) is 17.9 Å². The highest BCUT2D eigenvalue weighted by atomic mass is 16.3. The number of rotatable bonds is 3. The van der Waals surface area contributed by atoms with Gasteiger partial charge in [-0.2, -0.15) is 0 Å². The van der Waals surface area contributed by atoms with Crippen molar-refractivity contribution < 1.29 is 5.11 Å². The maximum atomic E-state index is 9.45. The standard InChI is InChI=1S/C7H15NO/c1-5-6-7(2,9)8(3)4/h5,9H,1,6H2,2-4H3. The van der Waals surface area contributed by atoms with E-state index in [4.69, 9.17) is 0 Å². The average Bonchev–Trinajstić information content (AvgIpc) is 1.65. The van der Waals surface area contributed by atoms with E-state index in [1.807, 2.05) is 14.1 Å². The van der Waals surface area contributed by atoms with Crippen LogP contribution in [0.3, 0.4) is 0 Å². The zero-order valence-electron chi connectivity index (χ0n) is 6.39. The Kier molecular flexibility index (Phi) is 2.88. The molecule has 0 aromatic carbocycles. The maximum Gasteiger partial charge on any atom is 0.118 e. The molecule has 1 N–H and O–H groups in total. The maximum absolute atomic E-state index is 9.45. The molecule has 0 aliphatic rings. The minimum absolute atomic E-state index is 0.597. The summed E-state index contributed by atoms with van der Waals surface area (Å²) in [5.41, 5.74) is -0.734. The fourth-order valence-electron chi connectivity index (χ4n) is 0.456. The van der Waals surface area contributed by atoms with E-state index in [0.29, 0.717) is 6.42 Å². The third kappa shape index (κ3) is 2.63. The highest BCUT2D eigenvalue weighted by Crippen LogP contribution is 2.11. The number of hydrogen-bond acceptors (Lipinski definition) is 2. The van der Waals surface area contributed by atoms with Crippen molar-refractivity contribution in [3.63, 3.8) is 0 Å². The van der Waals surface area contributed by atoms with E-state index in [1.165, 1.54) is 0 Å². The summed E-state index contributed by atoms with van der Waals surface area (Å²) in [6.07, 6.45) is 2.31. The fourth-order valence-corrected chi connectivity index (χ4v) is 0.456. The first kappa shape index (κ1) is 8.66. The Morgan fingerprint density at radius 2 is 2.11 bits per heavy atom. The monoisotopic (exact) mass is 129 g/mol.